The summed E-state index contributed by atoms with van der Waals surface area (Å²) in [5, 5.41) is 5.75. The SMILES string of the molecule is CCCN(CCNCc1sccc1C)C1CC1. The van der Waals surface area contributed by atoms with Crippen molar-refractivity contribution in [2.24, 2.45) is 0 Å². The Balaban J connectivity index is 1.63. The van der Waals surface area contributed by atoms with Crippen LogP contribution < -0.4 is 5.32 Å². The Morgan fingerprint density at radius 2 is 2.24 bits per heavy atom. The van der Waals surface area contributed by atoms with Gasteiger partial charge in [0.05, 0.1) is 0 Å². The first-order valence-corrected chi connectivity index (χ1v) is 7.67. The van der Waals surface area contributed by atoms with Crippen molar-refractivity contribution in [1.82, 2.24) is 10.2 Å². The van der Waals surface area contributed by atoms with Crippen molar-refractivity contribution in [1.29, 1.82) is 0 Å². The van der Waals surface area contributed by atoms with Crippen molar-refractivity contribution in [2.75, 3.05) is 19.6 Å². The van der Waals surface area contributed by atoms with Gasteiger partial charge in [0.2, 0.25) is 0 Å². The Kier molecular flexibility index (Phi) is 5.01. The number of nitrogens with zero attached hydrogens (tertiary/aromatic N) is 1. The summed E-state index contributed by atoms with van der Waals surface area (Å²) in [5.74, 6) is 0. The first-order valence-electron chi connectivity index (χ1n) is 6.79. The van der Waals surface area contributed by atoms with Crippen molar-refractivity contribution in [3.05, 3.63) is 21.9 Å². The number of hydrogen-bond acceptors (Lipinski definition) is 3. The Morgan fingerprint density at radius 1 is 1.41 bits per heavy atom. The molecule has 1 aliphatic carbocycles. The number of rotatable bonds is 8. The van der Waals surface area contributed by atoms with Crippen molar-refractivity contribution in [3.63, 3.8) is 0 Å². The van der Waals surface area contributed by atoms with E-state index in [1.54, 1.807) is 0 Å². The van der Waals surface area contributed by atoms with Crippen LogP contribution in [-0.4, -0.2) is 30.6 Å². The molecule has 2 nitrogen and oxygen atoms in total. The summed E-state index contributed by atoms with van der Waals surface area (Å²) in [6.07, 6.45) is 4.12. The fourth-order valence-electron chi connectivity index (χ4n) is 2.21. The van der Waals surface area contributed by atoms with E-state index in [0.717, 1.165) is 19.1 Å². The van der Waals surface area contributed by atoms with Crippen LogP contribution in [0, 0.1) is 6.92 Å². The molecule has 1 heterocycles. The summed E-state index contributed by atoms with van der Waals surface area (Å²) in [4.78, 5) is 4.13. The maximum absolute atomic E-state index is 3.57. The van der Waals surface area contributed by atoms with Crippen molar-refractivity contribution < 1.29 is 0 Å². The quantitative estimate of drug-likeness (QED) is 0.716. The first kappa shape index (κ1) is 13.1. The molecule has 0 spiro atoms. The molecule has 0 amide bonds. The van der Waals surface area contributed by atoms with Crippen LogP contribution in [0.1, 0.15) is 36.6 Å². The predicted octanol–water partition coefficient (Wildman–Crippen LogP) is 3.02. The lowest BCUT2D eigenvalue weighted by atomic mass is 10.3. The molecule has 96 valence electrons. The molecule has 1 aromatic heterocycles. The van der Waals surface area contributed by atoms with E-state index in [2.05, 4.69) is 35.5 Å². The van der Waals surface area contributed by atoms with E-state index < -0.39 is 0 Å². The second kappa shape index (κ2) is 6.53. The minimum absolute atomic E-state index is 0.903. The molecule has 3 heteroatoms. The van der Waals surface area contributed by atoms with Crippen LogP contribution >= 0.6 is 11.3 Å². The average Bonchev–Trinajstić information content (AvgIpc) is 3.08. The van der Waals surface area contributed by atoms with E-state index in [0.29, 0.717) is 0 Å². The van der Waals surface area contributed by atoms with Gasteiger partial charge in [-0.25, -0.2) is 0 Å². The highest BCUT2D eigenvalue weighted by atomic mass is 32.1. The smallest absolute Gasteiger partial charge is 0.0302 e. The molecular formula is C14H24N2S. The fraction of sp³-hybridized carbons (Fsp3) is 0.714. The van der Waals surface area contributed by atoms with E-state index in [-0.39, 0.29) is 0 Å². The molecule has 0 saturated heterocycles. The monoisotopic (exact) mass is 252 g/mol. The summed E-state index contributed by atoms with van der Waals surface area (Å²) in [7, 11) is 0. The largest absolute Gasteiger partial charge is 0.311 e. The standard InChI is InChI=1S/C14H24N2S/c1-3-8-16(13-4-5-13)9-7-15-11-14-12(2)6-10-17-14/h6,10,13,15H,3-5,7-9,11H2,1-2H3. The highest BCUT2D eigenvalue weighted by Crippen LogP contribution is 2.26. The van der Waals surface area contributed by atoms with Crippen molar-refractivity contribution >= 4 is 11.3 Å². The fourth-order valence-corrected chi connectivity index (χ4v) is 3.09. The van der Waals surface area contributed by atoms with E-state index >= 15 is 0 Å². The zero-order valence-electron chi connectivity index (χ0n) is 11.0. The van der Waals surface area contributed by atoms with Gasteiger partial charge in [0.25, 0.3) is 0 Å². The van der Waals surface area contributed by atoms with Gasteiger partial charge < -0.3 is 5.32 Å². The maximum atomic E-state index is 3.57. The lowest BCUT2D eigenvalue weighted by Gasteiger charge is -2.21. The summed E-state index contributed by atoms with van der Waals surface area (Å²) in [6.45, 7) is 9.11. The molecule has 0 unspecified atom stereocenters. The van der Waals surface area contributed by atoms with Gasteiger partial charge >= 0.3 is 0 Å². The zero-order chi connectivity index (χ0) is 12.1. The molecule has 0 bridgehead atoms. The molecule has 0 aromatic carbocycles. The molecule has 1 fully saturated rings. The van der Waals surface area contributed by atoms with Gasteiger partial charge in [-0.1, -0.05) is 6.92 Å². The Bertz CT molecular complexity index is 331. The van der Waals surface area contributed by atoms with E-state index in [1.807, 2.05) is 11.3 Å². The van der Waals surface area contributed by atoms with Crippen LogP contribution in [0.15, 0.2) is 11.4 Å². The Morgan fingerprint density at radius 3 is 2.82 bits per heavy atom. The zero-order valence-corrected chi connectivity index (χ0v) is 11.9. The molecule has 1 N–H and O–H groups in total. The number of aryl methyl sites for hydroxylation is 1. The second-order valence-electron chi connectivity index (χ2n) is 4.97. The van der Waals surface area contributed by atoms with E-state index in [9.17, 15) is 0 Å². The summed E-state index contributed by atoms with van der Waals surface area (Å²) < 4.78 is 0. The van der Waals surface area contributed by atoms with Crippen LogP contribution in [0.3, 0.4) is 0 Å². The molecule has 17 heavy (non-hydrogen) atoms. The number of thiophene rings is 1. The van der Waals surface area contributed by atoms with E-state index in [1.165, 1.54) is 42.8 Å². The van der Waals surface area contributed by atoms with Gasteiger partial charge in [0.15, 0.2) is 0 Å². The molecule has 0 radical (unpaired) electrons. The summed E-state index contributed by atoms with van der Waals surface area (Å²) in [6, 6.07) is 3.11. The third kappa shape index (κ3) is 4.09. The van der Waals surface area contributed by atoms with Gasteiger partial charge in [-0.15, -0.1) is 11.3 Å². The van der Waals surface area contributed by atoms with Crippen LogP contribution in [0.25, 0.3) is 0 Å². The van der Waals surface area contributed by atoms with Crippen LogP contribution in [0.2, 0.25) is 0 Å². The van der Waals surface area contributed by atoms with Gasteiger partial charge in [-0.3, -0.25) is 4.90 Å². The lowest BCUT2D eigenvalue weighted by Crippen LogP contribution is -2.34. The van der Waals surface area contributed by atoms with Crippen molar-refractivity contribution in [2.45, 2.75) is 45.7 Å². The maximum Gasteiger partial charge on any atom is 0.0302 e. The van der Waals surface area contributed by atoms with Gasteiger partial charge in [-0.05, 0) is 49.7 Å². The Hall–Kier alpha value is -0.380. The minimum Gasteiger partial charge on any atom is -0.311 e. The van der Waals surface area contributed by atoms with Gasteiger partial charge in [-0.2, -0.15) is 0 Å². The Labute approximate surface area is 109 Å². The van der Waals surface area contributed by atoms with Gasteiger partial charge in [0.1, 0.15) is 0 Å². The number of nitrogens with one attached hydrogen (secondary N) is 1. The molecule has 1 saturated carbocycles. The third-order valence-electron chi connectivity index (χ3n) is 3.40. The predicted molar refractivity (Wildman–Crippen MR) is 75.6 cm³/mol. The number of hydrogen-bond donors (Lipinski definition) is 1. The summed E-state index contributed by atoms with van der Waals surface area (Å²) >= 11 is 1.86. The molecule has 1 aliphatic rings. The molecule has 0 atom stereocenters. The minimum atomic E-state index is 0.903. The molecular weight excluding hydrogens is 228 g/mol. The van der Waals surface area contributed by atoms with Crippen LogP contribution in [0.5, 0.6) is 0 Å². The summed E-state index contributed by atoms with van der Waals surface area (Å²) in [5.41, 5.74) is 1.43. The van der Waals surface area contributed by atoms with Crippen LogP contribution in [0.4, 0.5) is 0 Å². The average molecular weight is 252 g/mol. The second-order valence-corrected chi connectivity index (χ2v) is 5.97. The van der Waals surface area contributed by atoms with Crippen LogP contribution in [-0.2, 0) is 6.54 Å². The highest BCUT2D eigenvalue weighted by Gasteiger charge is 2.27. The highest BCUT2D eigenvalue weighted by molar-refractivity contribution is 7.10. The third-order valence-corrected chi connectivity index (χ3v) is 4.43. The lowest BCUT2D eigenvalue weighted by molar-refractivity contribution is 0.263. The molecule has 0 aliphatic heterocycles. The normalized spacial score (nSPS) is 15.7. The topological polar surface area (TPSA) is 15.3 Å². The van der Waals surface area contributed by atoms with Crippen molar-refractivity contribution in [3.8, 4) is 0 Å². The first-order chi connectivity index (χ1) is 8.31. The molecule has 2 rings (SSSR count). The molecule has 1 aromatic rings. The van der Waals surface area contributed by atoms with E-state index in [4.69, 9.17) is 0 Å². The van der Waals surface area contributed by atoms with Gasteiger partial charge in [0, 0.05) is 30.6 Å².